The van der Waals surface area contributed by atoms with Crippen molar-refractivity contribution in [1.82, 2.24) is 24.8 Å². The van der Waals surface area contributed by atoms with Crippen LogP contribution in [0.25, 0.3) is 0 Å². The average molecular weight is 361 g/mol. The SMILES string of the molecule is CC(C)(C)c1cn(C[C@H]2CC3CCN2C[C@@H]3C(=O)N2CCOCC2)nn1. The summed E-state index contributed by atoms with van der Waals surface area (Å²) in [5.41, 5.74) is 1.06. The van der Waals surface area contributed by atoms with E-state index in [-0.39, 0.29) is 11.3 Å². The number of carbonyl (C=O) groups is 1. The molecule has 2 unspecified atom stereocenters. The Bertz CT molecular complexity index is 647. The first-order valence-electron chi connectivity index (χ1n) is 9.93. The number of aromatic nitrogens is 3. The summed E-state index contributed by atoms with van der Waals surface area (Å²) < 4.78 is 7.38. The Kier molecular flexibility index (Phi) is 4.77. The second-order valence-electron chi connectivity index (χ2n) is 9.05. The minimum absolute atomic E-state index is 0.0276. The van der Waals surface area contributed by atoms with E-state index < -0.39 is 0 Å². The molecule has 2 bridgehead atoms. The van der Waals surface area contributed by atoms with Gasteiger partial charge in [0.05, 0.1) is 31.4 Å². The summed E-state index contributed by atoms with van der Waals surface area (Å²) in [6.07, 6.45) is 4.31. The maximum absolute atomic E-state index is 12.9. The van der Waals surface area contributed by atoms with Gasteiger partial charge in [0.2, 0.25) is 5.91 Å². The smallest absolute Gasteiger partial charge is 0.227 e. The minimum atomic E-state index is 0.0276. The lowest BCUT2D eigenvalue weighted by molar-refractivity contribution is -0.148. The minimum Gasteiger partial charge on any atom is -0.378 e. The predicted octanol–water partition coefficient (Wildman–Crippen LogP) is 1.14. The van der Waals surface area contributed by atoms with Crippen molar-refractivity contribution in [2.75, 3.05) is 39.4 Å². The molecule has 144 valence electrons. The lowest BCUT2D eigenvalue weighted by Gasteiger charge is -2.50. The van der Waals surface area contributed by atoms with Crippen LogP contribution in [-0.2, 0) is 21.5 Å². The van der Waals surface area contributed by atoms with E-state index in [2.05, 4.69) is 42.2 Å². The zero-order chi connectivity index (χ0) is 18.3. The number of carbonyl (C=O) groups excluding carboxylic acids is 1. The van der Waals surface area contributed by atoms with Crippen LogP contribution >= 0.6 is 0 Å². The van der Waals surface area contributed by atoms with E-state index in [0.29, 0.717) is 31.1 Å². The first-order chi connectivity index (χ1) is 12.4. The molecule has 0 aromatic carbocycles. The molecule has 4 aliphatic heterocycles. The molecule has 0 N–H and O–H groups in total. The maximum Gasteiger partial charge on any atom is 0.227 e. The van der Waals surface area contributed by atoms with E-state index in [4.69, 9.17) is 4.74 Å². The van der Waals surface area contributed by atoms with Crippen molar-refractivity contribution < 1.29 is 9.53 Å². The number of hydrogen-bond donors (Lipinski definition) is 0. The van der Waals surface area contributed by atoms with Gasteiger partial charge in [0, 0.05) is 37.3 Å². The monoisotopic (exact) mass is 361 g/mol. The number of amides is 1. The van der Waals surface area contributed by atoms with Crippen molar-refractivity contribution in [3.8, 4) is 0 Å². The highest BCUT2D eigenvalue weighted by Gasteiger charge is 2.44. The van der Waals surface area contributed by atoms with Crippen LogP contribution in [-0.4, -0.2) is 76.1 Å². The Balaban J connectivity index is 1.39. The molecule has 4 saturated heterocycles. The van der Waals surface area contributed by atoms with Gasteiger partial charge in [0.1, 0.15) is 0 Å². The third-order valence-electron chi connectivity index (χ3n) is 6.22. The fraction of sp³-hybridized carbons (Fsp3) is 0.842. The second-order valence-corrected chi connectivity index (χ2v) is 9.05. The van der Waals surface area contributed by atoms with Gasteiger partial charge >= 0.3 is 0 Å². The first-order valence-corrected chi connectivity index (χ1v) is 9.93. The standard InChI is InChI=1S/C19H31N5O2/c1-19(2,3)17-13-24(21-20-17)11-15-10-14-4-5-23(15)12-16(14)18(25)22-6-8-26-9-7-22/h13-16H,4-12H2,1-3H3/t14?,15-,16+/m1/s1. The first kappa shape index (κ1) is 17.9. The third kappa shape index (κ3) is 3.51. The normalized spacial score (nSPS) is 32.0. The van der Waals surface area contributed by atoms with Gasteiger partial charge in [-0.25, -0.2) is 0 Å². The molecule has 0 aliphatic carbocycles. The predicted molar refractivity (Wildman–Crippen MR) is 97.7 cm³/mol. The van der Waals surface area contributed by atoms with Crippen LogP contribution in [0.5, 0.6) is 0 Å². The van der Waals surface area contributed by atoms with Gasteiger partial charge in [-0.1, -0.05) is 26.0 Å². The number of morpholine rings is 1. The highest BCUT2D eigenvalue weighted by Crippen LogP contribution is 2.38. The Hall–Kier alpha value is -1.47. The summed E-state index contributed by atoms with van der Waals surface area (Å²) in [5, 5.41) is 8.68. The summed E-state index contributed by atoms with van der Waals surface area (Å²) in [6, 6.07) is 0.469. The quantitative estimate of drug-likeness (QED) is 0.808. The molecule has 4 aliphatic rings. The number of piperidine rings is 3. The number of fused-ring (bicyclic) bond motifs is 3. The lowest BCUT2D eigenvalue weighted by Crippen LogP contribution is -2.59. The topological polar surface area (TPSA) is 63.5 Å². The highest BCUT2D eigenvalue weighted by molar-refractivity contribution is 5.79. The Labute approximate surface area is 155 Å². The molecule has 1 amide bonds. The van der Waals surface area contributed by atoms with Crippen molar-refractivity contribution >= 4 is 5.91 Å². The fourth-order valence-corrected chi connectivity index (χ4v) is 4.57. The van der Waals surface area contributed by atoms with E-state index in [9.17, 15) is 4.79 Å². The molecule has 5 heterocycles. The molecule has 7 heteroatoms. The van der Waals surface area contributed by atoms with Crippen LogP contribution in [0.3, 0.4) is 0 Å². The van der Waals surface area contributed by atoms with Gasteiger partial charge in [-0.05, 0) is 25.3 Å². The van der Waals surface area contributed by atoms with E-state index in [1.165, 1.54) is 0 Å². The highest BCUT2D eigenvalue weighted by atomic mass is 16.5. The summed E-state index contributed by atoms with van der Waals surface area (Å²) >= 11 is 0. The van der Waals surface area contributed by atoms with Gasteiger partial charge in [-0.3, -0.25) is 14.4 Å². The van der Waals surface area contributed by atoms with Crippen LogP contribution in [0.15, 0.2) is 6.20 Å². The molecule has 4 fully saturated rings. The Morgan fingerprint density at radius 1 is 1.27 bits per heavy atom. The van der Waals surface area contributed by atoms with Crippen LogP contribution in [0.2, 0.25) is 0 Å². The summed E-state index contributed by atoms with van der Waals surface area (Å²) in [4.78, 5) is 17.5. The van der Waals surface area contributed by atoms with Crippen molar-refractivity contribution in [2.45, 2.75) is 51.6 Å². The third-order valence-corrected chi connectivity index (χ3v) is 6.22. The number of rotatable bonds is 3. The van der Waals surface area contributed by atoms with Crippen LogP contribution in [0, 0.1) is 11.8 Å². The summed E-state index contributed by atoms with van der Waals surface area (Å²) in [5.74, 6) is 1.02. The number of ether oxygens (including phenoxy) is 1. The van der Waals surface area contributed by atoms with Crippen molar-refractivity contribution in [2.24, 2.45) is 11.8 Å². The number of hydrogen-bond acceptors (Lipinski definition) is 5. The summed E-state index contributed by atoms with van der Waals surface area (Å²) in [6.45, 7) is 12.2. The van der Waals surface area contributed by atoms with E-state index in [1.807, 2.05) is 9.58 Å². The molecule has 5 rings (SSSR count). The van der Waals surface area contributed by atoms with E-state index in [0.717, 1.165) is 51.3 Å². The Morgan fingerprint density at radius 3 is 2.65 bits per heavy atom. The average Bonchev–Trinajstić information content (AvgIpc) is 3.11. The van der Waals surface area contributed by atoms with E-state index in [1.54, 1.807) is 0 Å². The lowest BCUT2D eigenvalue weighted by atomic mass is 9.75. The van der Waals surface area contributed by atoms with Crippen molar-refractivity contribution in [3.63, 3.8) is 0 Å². The molecule has 0 saturated carbocycles. The summed E-state index contributed by atoms with van der Waals surface area (Å²) in [7, 11) is 0. The van der Waals surface area contributed by atoms with Gasteiger partial charge in [-0.15, -0.1) is 5.10 Å². The van der Waals surface area contributed by atoms with Crippen LogP contribution < -0.4 is 0 Å². The molecular weight excluding hydrogens is 330 g/mol. The zero-order valence-corrected chi connectivity index (χ0v) is 16.2. The van der Waals surface area contributed by atoms with Crippen molar-refractivity contribution in [1.29, 1.82) is 0 Å². The molecular formula is C19H31N5O2. The number of nitrogens with zero attached hydrogens (tertiary/aromatic N) is 5. The molecule has 1 aromatic heterocycles. The van der Waals surface area contributed by atoms with Gasteiger partial charge in [-0.2, -0.15) is 0 Å². The largest absolute Gasteiger partial charge is 0.378 e. The van der Waals surface area contributed by atoms with Crippen LogP contribution in [0.1, 0.15) is 39.3 Å². The molecule has 0 spiro atoms. The van der Waals surface area contributed by atoms with Gasteiger partial charge in [0.15, 0.2) is 0 Å². The fourth-order valence-electron chi connectivity index (χ4n) is 4.57. The molecule has 26 heavy (non-hydrogen) atoms. The zero-order valence-electron chi connectivity index (χ0n) is 16.2. The molecule has 4 atom stereocenters. The maximum atomic E-state index is 12.9. The van der Waals surface area contributed by atoms with Gasteiger partial charge < -0.3 is 9.64 Å². The molecule has 7 nitrogen and oxygen atoms in total. The van der Waals surface area contributed by atoms with Crippen molar-refractivity contribution in [3.05, 3.63) is 11.9 Å². The molecule has 1 aromatic rings. The van der Waals surface area contributed by atoms with E-state index >= 15 is 0 Å². The Morgan fingerprint density at radius 2 is 2.04 bits per heavy atom. The second kappa shape index (κ2) is 6.93. The van der Waals surface area contributed by atoms with Crippen LogP contribution in [0.4, 0.5) is 0 Å². The van der Waals surface area contributed by atoms with Gasteiger partial charge in [0.25, 0.3) is 0 Å². The molecule has 0 radical (unpaired) electrons.